The number of ether oxygens (including phenoxy) is 2. The number of anilines is 2. The van der Waals surface area contributed by atoms with Crippen LogP contribution in [0, 0.1) is 11.2 Å². The molecule has 41 heavy (non-hydrogen) atoms. The molecule has 0 bridgehead atoms. The van der Waals surface area contributed by atoms with Crippen molar-refractivity contribution in [3.05, 3.63) is 72.7 Å². The van der Waals surface area contributed by atoms with Gasteiger partial charge in [-0.15, -0.1) is 0 Å². The number of hydrogen-bond acceptors (Lipinski definition) is 8. The third-order valence-corrected chi connectivity index (χ3v) is 7.51. The van der Waals surface area contributed by atoms with Crippen LogP contribution in [0.1, 0.15) is 51.1 Å². The summed E-state index contributed by atoms with van der Waals surface area (Å²) in [7, 11) is 0. The zero-order valence-corrected chi connectivity index (χ0v) is 22.8. The van der Waals surface area contributed by atoms with E-state index in [4.69, 9.17) is 19.4 Å². The average Bonchev–Trinajstić information content (AvgIpc) is 3.45. The molecule has 1 aliphatic heterocycles. The van der Waals surface area contributed by atoms with E-state index in [9.17, 15) is 9.18 Å². The predicted molar refractivity (Wildman–Crippen MR) is 151 cm³/mol. The molecule has 2 fully saturated rings. The Kier molecular flexibility index (Phi) is 7.71. The number of carbonyl (C=O) groups excluding carboxylic acids is 1. The molecule has 10 nitrogen and oxygen atoms in total. The molecule has 1 amide bonds. The van der Waals surface area contributed by atoms with E-state index in [2.05, 4.69) is 25.6 Å². The van der Waals surface area contributed by atoms with Crippen LogP contribution in [0.15, 0.2) is 61.1 Å². The van der Waals surface area contributed by atoms with Crippen molar-refractivity contribution in [2.75, 3.05) is 23.8 Å². The second-order valence-corrected chi connectivity index (χ2v) is 10.8. The fraction of sp³-hybridized carbons (Fsp3) is 0.367. The molecule has 1 aliphatic carbocycles. The Hall–Kier alpha value is -4.22. The smallest absolute Gasteiger partial charge is 0.235 e. The number of aromatic amines is 1. The summed E-state index contributed by atoms with van der Waals surface area (Å²) in [5.41, 5.74) is 2.31. The average molecular weight is 558 g/mol. The standard InChI is InChI=1S/C30H32FN7O3/c1-30(28(39)34-22-11-14-32-15-12-22)17-40-27(41-18-30)26-37-24(19-7-9-20(31)10-8-19)25(38-26)23-13-16-33-29(36-23)35-21-5-3-2-4-6-21/h7-16,21,27H,2-6,17-18H2,1H3,(H,37,38)(H,32,34,39)(H,33,35,36). The first-order valence-corrected chi connectivity index (χ1v) is 13.9. The van der Waals surface area contributed by atoms with Gasteiger partial charge in [0.15, 0.2) is 5.82 Å². The van der Waals surface area contributed by atoms with Crippen molar-refractivity contribution < 1.29 is 18.7 Å². The molecule has 212 valence electrons. The van der Waals surface area contributed by atoms with Gasteiger partial charge in [-0.05, 0) is 62.2 Å². The Morgan fingerprint density at radius 3 is 2.44 bits per heavy atom. The van der Waals surface area contributed by atoms with Crippen LogP contribution in [0.4, 0.5) is 16.0 Å². The molecule has 4 aromatic rings. The number of H-pyrrole nitrogens is 1. The number of nitrogens with zero attached hydrogens (tertiary/aromatic N) is 4. The van der Waals surface area contributed by atoms with Crippen molar-refractivity contribution in [1.82, 2.24) is 24.9 Å². The maximum absolute atomic E-state index is 13.7. The summed E-state index contributed by atoms with van der Waals surface area (Å²) in [5, 5.41) is 6.36. The molecule has 2 aliphatic rings. The number of pyridine rings is 1. The summed E-state index contributed by atoms with van der Waals surface area (Å²) < 4.78 is 25.8. The van der Waals surface area contributed by atoms with Gasteiger partial charge in [0.25, 0.3) is 0 Å². The second-order valence-electron chi connectivity index (χ2n) is 10.8. The molecule has 11 heteroatoms. The molecule has 0 radical (unpaired) electrons. The molecule has 0 unspecified atom stereocenters. The highest BCUT2D eigenvalue weighted by Gasteiger charge is 2.41. The maximum Gasteiger partial charge on any atom is 0.235 e. The third kappa shape index (κ3) is 6.10. The monoisotopic (exact) mass is 557 g/mol. The normalized spacial score (nSPS) is 21.4. The van der Waals surface area contributed by atoms with Crippen LogP contribution in [-0.4, -0.2) is 50.1 Å². The molecule has 4 heterocycles. The predicted octanol–water partition coefficient (Wildman–Crippen LogP) is 5.50. The van der Waals surface area contributed by atoms with Crippen molar-refractivity contribution in [3.63, 3.8) is 0 Å². The van der Waals surface area contributed by atoms with Crippen LogP contribution in [0.2, 0.25) is 0 Å². The van der Waals surface area contributed by atoms with Gasteiger partial charge in [-0.1, -0.05) is 19.3 Å². The summed E-state index contributed by atoms with van der Waals surface area (Å²) in [5.74, 6) is 0.427. The van der Waals surface area contributed by atoms with E-state index in [1.165, 1.54) is 31.4 Å². The Balaban J connectivity index is 1.24. The third-order valence-electron chi connectivity index (χ3n) is 7.51. The van der Waals surface area contributed by atoms with E-state index in [1.54, 1.807) is 55.8 Å². The molecule has 0 spiro atoms. The Morgan fingerprint density at radius 2 is 1.71 bits per heavy atom. The van der Waals surface area contributed by atoms with Crippen molar-refractivity contribution in [1.29, 1.82) is 0 Å². The van der Waals surface area contributed by atoms with Gasteiger partial charge in [-0.3, -0.25) is 9.78 Å². The lowest BCUT2D eigenvalue weighted by molar-refractivity contribution is -0.229. The van der Waals surface area contributed by atoms with Crippen LogP contribution in [0.3, 0.4) is 0 Å². The molecule has 1 saturated heterocycles. The summed E-state index contributed by atoms with van der Waals surface area (Å²) in [6.45, 7) is 2.04. The zero-order valence-electron chi connectivity index (χ0n) is 22.8. The minimum atomic E-state index is -0.901. The molecular formula is C30H32FN7O3. The largest absolute Gasteiger partial charge is 0.351 e. The summed E-state index contributed by atoms with van der Waals surface area (Å²) in [4.78, 5) is 34.3. The minimum Gasteiger partial charge on any atom is -0.351 e. The highest BCUT2D eigenvalue weighted by molar-refractivity contribution is 5.95. The van der Waals surface area contributed by atoms with E-state index < -0.39 is 11.7 Å². The fourth-order valence-corrected chi connectivity index (χ4v) is 5.12. The molecule has 3 aromatic heterocycles. The van der Waals surface area contributed by atoms with Gasteiger partial charge in [-0.25, -0.2) is 19.3 Å². The van der Waals surface area contributed by atoms with Crippen LogP contribution < -0.4 is 10.6 Å². The number of rotatable bonds is 7. The first kappa shape index (κ1) is 27.0. The number of carbonyl (C=O) groups is 1. The molecule has 1 aromatic carbocycles. The number of amides is 1. The number of aromatic nitrogens is 5. The van der Waals surface area contributed by atoms with Gasteiger partial charge < -0.3 is 25.1 Å². The summed E-state index contributed by atoms with van der Waals surface area (Å²) in [6, 6.07) is 11.7. The number of halogens is 1. The minimum absolute atomic E-state index is 0.124. The summed E-state index contributed by atoms with van der Waals surface area (Å²) in [6.07, 6.45) is 9.95. The first-order valence-electron chi connectivity index (χ1n) is 13.9. The van der Waals surface area contributed by atoms with E-state index in [0.29, 0.717) is 46.1 Å². The van der Waals surface area contributed by atoms with Gasteiger partial charge in [0.2, 0.25) is 18.1 Å². The number of hydrogen-bond donors (Lipinski definition) is 3. The van der Waals surface area contributed by atoms with Crippen LogP contribution in [-0.2, 0) is 14.3 Å². The zero-order chi connectivity index (χ0) is 28.2. The van der Waals surface area contributed by atoms with E-state index in [0.717, 1.165) is 12.8 Å². The van der Waals surface area contributed by atoms with E-state index in [-0.39, 0.29) is 24.9 Å². The second kappa shape index (κ2) is 11.7. The van der Waals surface area contributed by atoms with Gasteiger partial charge in [0.1, 0.15) is 5.82 Å². The Morgan fingerprint density at radius 1 is 0.976 bits per heavy atom. The molecular weight excluding hydrogens is 525 g/mol. The van der Waals surface area contributed by atoms with Gasteiger partial charge in [0, 0.05) is 35.9 Å². The van der Waals surface area contributed by atoms with Crippen LogP contribution in [0.5, 0.6) is 0 Å². The van der Waals surface area contributed by atoms with Crippen molar-refractivity contribution in [2.45, 2.75) is 51.4 Å². The molecule has 0 atom stereocenters. The van der Waals surface area contributed by atoms with E-state index >= 15 is 0 Å². The first-order chi connectivity index (χ1) is 20.0. The van der Waals surface area contributed by atoms with Crippen LogP contribution >= 0.6 is 0 Å². The van der Waals surface area contributed by atoms with E-state index in [1.807, 2.05) is 0 Å². The SMILES string of the molecule is CC1(C(=O)Nc2ccncc2)COC(c2nc(-c3ccc(F)cc3)c(-c3ccnc(NC4CCCCC4)n3)[nH]2)OC1. The quantitative estimate of drug-likeness (QED) is 0.272. The number of benzene rings is 1. The Labute approximate surface area is 237 Å². The van der Waals surface area contributed by atoms with Gasteiger partial charge in [-0.2, -0.15) is 0 Å². The topological polar surface area (TPSA) is 127 Å². The lowest BCUT2D eigenvalue weighted by atomic mass is 9.91. The van der Waals surface area contributed by atoms with Crippen molar-refractivity contribution in [3.8, 4) is 22.6 Å². The maximum atomic E-state index is 13.7. The van der Waals surface area contributed by atoms with Crippen molar-refractivity contribution >= 4 is 17.5 Å². The van der Waals surface area contributed by atoms with Gasteiger partial charge >= 0.3 is 0 Å². The molecule has 3 N–H and O–H groups in total. The fourth-order valence-electron chi connectivity index (χ4n) is 5.12. The molecule has 6 rings (SSSR count). The summed E-state index contributed by atoms with van der Waals surface area (Å²) >= 11 is 0. The van der Waals surface area contributed by atoms with Crippen molar-refractivity contribution in [2.24, 2.45) is 5.41 Å². The highest BCUT2D eigenvalue weighted by atomic mass is 19.1. The highest BCUT2D eigenvalue weighted by Crippen LogP contribution is 2.36. The molecule has 1 saturated carbocycles. The van der Waals surface area contributed by atoms with Gasteiger partial charge in [0.05, 0.1) is 35.7 Å². The lowest BCUT2D eigenvalue weighted by Crippen LogP contribution is -2.45. The van der Waals surface area contributed by atoms with Crippen LogP contribution in [0.25, 0.3) is 22.6 Å². The number of imidazole rings is 1. The lowest BCUT2D eigenvalue weighted by Gasteiger charge is -2.35. The Bertz CT molecular complexity index is 1480. The number of nitrogens with one attached hydrogen (secondary N) is 3.